The van der Waals surface area contributed by atoms with Crippen LogP contribution in [0.15, 0.2) is 0 Å². The van der Waals surface area contributed by atoms with Crippen LogP contribution in [0.2, 0.25) is 0 Å². The van der Waals surface area contributed by atoms with Gasteiger partial charge in [-0.2, -0.15) is 0 Å². The summed E-state index contributed by atoms with van der Waals surface area (Å²) in [4.78, 5) is 0. The van der Waals surface area contributed by atoms with E-state index in [1.807, 2.05) is 13.8 Å². The first-order valence-electron chi connectivity index (χ1n) is 4.18. The number of epoxide rings is 2. The molecule has 2 aliphatic heterocycles. The Kier molecular flexibility index (Phi) is 1.88. The van der Waals surface area contributed by atoms with E-state index in [-0.39, 0.29) is 11.6 Å². The highest BCUT2D eigenvalue weighted by molar-refractivity contribution is 4.76. The van der Waals surface area contributed by atoms with Crippen molar-refractivity contribution < 1.29 is 18.9 Å². The maximum atomic E-state index is 5.36. The zero-order valence-corrected chi connectivity index (χ0v) is 7.46. The van der Waals surface area contributed by atoms with Gasteiger partial charge in [0.1, 0.15) is 13.2 Å². The third-order valence-corrected chi connectivity index (χ3v) is 2.00. The minimum atomic E-state index is -0.325. The van der Waals surface area contributed by atoms with Gasteiger partial charge in [0, 0.05) is 0 Å². The van der Waals surface area contributed by atoms with Crippen molar-refractivity contribution in [3.63, 3.8) is 0 Å². The summed E-state index contributed by atoms with van der Waals surface area (Å²) in [5.74, 6) is -0.649. The van der Waals surface area contributed by atoms with Crippen molar-refractivity contribution in [1.82, 2.24) is 0 Å². The Morgan fingerprint density at radius 1 is 1.00 bits per heavy atom. The second kappa shape index (κ2) is 2.67. The molecule has 0 radical (unpaired) electrons. The molecule has 70 valence electrons. The van der Waals surface area contributed by atoms with Crippen LogP contribution in [0.1, 0.15) is 13.8 Å². The van der Waals surface area contributed by atoms with E-state index in [0.29, 0.717) is 26.4 Å². The fraction of sp³-hybridized carbons (Fsp3) is 1.00. The number of rotatable bonds is 5. The zero-order valence-electron chi connectivity index (χ0n) is 7.46. The summed E-state index contributed by atoms with van der Waals surface area (Å²) in [6, 6.07) is 0. The van der Waals surface area contributed by atoms with E-state index in [0.717, 1.165) is 0 Å². The van der Waals surface area contributed by atoms with E-state index in [2.05, 4.69) is 0 Å². The fourth-order valence-corrected chi connectivity index (χ4v) is 0.885. The van der Waals surface area contributed by atoms with E-state index in [1.165, 1.54) is 0 Å². The Bertz CT molecular complexity index is 152. The van der Waals surface area contributed by atoms with Crippen LogP contribution in [-0.4, -0.2) is 38.0 Å². The highest BCUT2D eigenvalue weighted by Gasteiger charge is 2.42. The Morgan fingerprint density at radius 3 is 1.58 bits per heavy atom. The van der Waals surface area contributed by atoms with Crippen molar-refractivity contribution in [3.8, 4) is 0 Å². The molecule has 0 saturated carbocycles. The van der Waals surface area contributed by atoms with Crippen LogP contribution < -0.4 is 0 Å². The van der Waals surface area contributed by atoms with Crippen LogP contribution in [-0.2, 0) is 18.9 Å². The Morgan fingerprint density at radius 2 is 1.33 bits per heavy atom. The lowest BCUT2D eigenvalue weighted by Crippen LogP contribution is -2.19. The molecule has 2 unspecified atom stereocenters. The summed E-state index contributed by atoms with van der Waals surface area (Å²) in [7, 11) is 0. The summed E-state index contributed by atoms with van der Waals surface area (Å²) in [6.45, 7) is 6.36. The van der Waals surface area contributed by atoms with Crippen LogP contribution in [0.5, 0.6) is 0 Å². The second-order valence-electron chi connectivity index (χ2n) is 3.54. The molecule has 2 fully saturated rings. The van der Waals surface area contributed by atoms with Gasteiger partial charge < -0.3 is 18.9 Å². The van der Waals surface area contributed by atoms with Crippen molar-refractivity contribution in [2.75, 3.05) is 26.4 Å². The monoisotopic (exact) mass is 174 g/mol. The molecule has 2 atom stereocenters. The smallest absolute Gasteiger partial charge is 0.189 e. The molecule has 0 N–H and O–H groups in total. The summed E-state index contributed by atoms with van der Waals surface area (Å²) in [5.41, 5.74) is 0. The molecule has 2 aliphatic rings. The number of hydrogen-bond acceptors (Lipinski definition) is 4. The second-order valence-corrected chi connectivity index (χ2v) is 3.54. The van der Waals surface area contributed by atoms with E-state index >= 15 is 0 Å². The summed E-state index contributed by atoms with van der Waals surface area (Å²) in [5, 5.41) is 0. The Balaban J connectivity index is 1.52. The predicted molar refractivity (Wildman–Crippen MR) is 40.6 cm³/mol. The van der Waals surface area contributed by atoms with E-state index < -0.39 is 0 Å². The van der Waals surface area contributed by atoms with Gasteiger partial charge in [-0.3, -0.25) is 0 Å². The molecular weight excluding hydrogens is 160 g/mol. The molecule has 0 spiro atoms. The van der Waals surface area contributed by atoms with Crippen LogP contribution in [0.3, 0.4) is 0 Å². The predicted octanol–water partition coefficient (Wildman–Crippen LogP) is 0.512. The third kappa shape index (κ3) is 2.17. The molecule has 4 heteroatoms. The van der Waals surface area contributed by atoms with Gasteiger partial charge in [0.25, 0.3) is 0 Å². The van der Waals surface area contributed by atoms with Crippen LogP contribution in [0, 0.1) is 0 Å². The van der Waals surface area contributed by atoms with Gasteiger partial charge in [0.15, 0.2) is 11.6 Å². The topological polar surface area (TPSA) is 43.5 Å². The highest BCUT2D eigenvalue weighted by atomic mass is 16.8. The summed E-state index contributed by atoms with van der Waals surface area (Å²) >= 11 is 0. The first kappa shape index (κ1) is 8.44. The summed E-state index contributed by atoms with van der Waals surface area (Å²) in [6.07, 6.45) is 0. The van der Waals surface area contributed by atoms with Gasteiger partial charge in [-0.1, -0.05) is 0 Å². The molecule has 0 bridgehead atoms. The molecule has 0 aromatic carbocycles. The van der Waals surface area contributed by atoms with E-state index in [1.54, 1.807) is 0 Å². The van der Waals surface area contributed by atoms with Crippen molar-refractivity contribution in [3.05, 3.63) is 0 Å². The molecular formula is C8H14O4. The third-order valence-electron chi connectivity index (χ3n) is 2.00. The molecule has 0 aromatic heterocycles. The average molecular weight is 174 g/mol. The molecule has 2 saturated heterocycles. The average Bonchev–Trinajstić information content (AvgIpc) is 2.89. The first-order valence-corrected chi connectivity index (χ1v) is 4.18. The van der Waals surface area contributed by atoms with Gasteiger partial charge in [-0.25, -0.2) is 0 Å². The normalized spacial score (nSPS) is 44.5. The van der Waals surface area contributed by atoms with Crippen LogP contribution in [0.25, 0.3) is 0 Å². The van der Waals surface area contributed by atoms with E-state index in [4.69, 9.17) is 18.9 Å². The molecule has 0 aliphatic carbocycles. The lowest BCUT2D eigenvalue weighted by Gasteiger charge is -2.09. The standard InChI is InChI=1S/C8H14O4/c1-7(5-11-7)9-3-4-10-8(2)6-12-8/h3-6H2,1-2H3. The van der Waals surface area contributed by atoms with Crippen LogP contribution >= 0.6 is 0 Å². The van der Waals surface area contributed by atoms with Crippen molar-refractivity contribution in [1.29, 1.82) is 0 Å². The fourth-order valence-electron chi connectivity index (χ4n) is 0.885. The Labute approximate surface area is 71.7 Å². The quantitative estimate of drug-likeness (QED) is 0.450. The molecule has 0 amide bonds. The van der Waals surface area contributed by atoms with Gasteiger partial charge in [-0.05, 0) is 13.8 Å². The largest absolute Gasteiger partial charge is 0.346 e. The number of ether oxygens (including phenoxy) is 4. The highest BCUT2D eigenvalue weighted by Crippen LogP contribution is 2.29. The van der Waals surface area contributed by atoms with Crippen molar-refractivity contribution >= 4 is 0 Å². The number of hydrogen-bond donors (Lipinski definition) is 0. The minimum absolute atomic E-state index is 0.325. The molecule has 4 nitrogen and oxygen atoms in total. The maximum absolute atomic E-state index is 5.36. The molecule has 12 heavy (non-hydrogen) atoms. The van der Waals surface area contributed by atoms with Gasteiger partial charge in [-0.15, -0.1) is 0 Å². The molecule has 2 rings (SSSR count). The lowest BCUT2D eigenvalue weighted by atomic mass is 10.4. The van der Waals surface area contributed by atoms with Gasteiger partial charge >= 0.3 is 0 Å². The SMILES string of the molecule is CC1(OCCOC2(C)CO2)CO1. The maximum Gasteiger partial charge on any atom is 0.189 e. The van der Waals surface area contributed by atoms with Crippen LogP contribution in [0.4, 0.5) is 0 Å². The Hall–Kier alpha value is -0.160. The summed E-state index contributed by atoms with van der Waals surface area (Å²) < 4.78 is 20.8. The zero-order chi connectivity index (χ0) is 8.66. The molecule has 2 heterocycles. The van der Waals surface area contributed by atoms with Gasteiger partial charge in [0.2, 0.25) is 0 Å². The molecule has 0 aromatic rings. The van der Waals surface area contributed by atoms with Crippen molar-refractivity contribution in [2.45, 2.75) is 25.4 Å². The first-order chi connectivity index (χ1) is 5.62. The minimum Gasteiger partial charge on any atom is -0.346 e. The van der Waals surface area contributed by atoms with Crippen molar-refractivity contribution in [2.24, 2.45) is 0 Å². The lowest BCUT2D eigenvalue weighted by molar-refractivity contribution is -0.0908. The van der Waals surface area contributed by atoms with Gasteiger partial charge in [0.05, 0.1) is 13.2 Å². The van der Waals surface area contributed by atoms with E-state index in [9.17, 15) is 0 Å².